The van der Waals surface area contributed by atoms with E-state index < -0.39 is 0 Å². The average Bonchev–Trinajstić information content (AvgIpc) is 2.22. The van der Waals surface area contributed by atoms with Gasteiger partial charge in [0.05, 0.1) is 5.02 Å². The lowest BCUT2D eigenvalue weighted by Crippen LogP contribution is -1.91. The van der Waals surface area contributed by atoms with Gasteiger partial charge in [0.1, 0.15) is 12.1 Å². The van der Waals surface area contributed by atoms with E-state index in [2.05, 4.69) is 9.97 Å². The second-order valence-corrected chi connectivity index (χ2v) is 3.94. The van der Waals surface area contributed by atoms with Gasteiger partial charge in [-0.1, -0.05) is 17.7 Å². The van der Waals surface area contributed by atoms with Crippen molar-refractivity contribution in [2.75, 3.05) is 0 Å². The maximum absolute atomic E-state index is 6.05. The van der Waals surface area contributed by atoms with E-state index >= 15 is 0 Å². The van der Waals surface area contributed by atoms with Gasteiger partial charge in [-0.05, 0) is 31.5 Å². The molecule has 0 saturated heterocycles. The molecule has 0 saturated carbocycles. The number of aromatic nitrogens is 2. The fraction of sp³-hybridized carbons (Fsp3) is 0.167. The standard InChI is InChI=1S/C12H11ClN2O/c1-8-3-4-11(10(13)5-8)16-12-6-9(2)14-7-15-12/h3-7H,1-2H3. The minimum Gasteiger partial charge on any atom is -0.437 e. The number of rotatable bonds is 2. The third kappa shape index (κ3) is 2.49. The van der Waals surface area contributed by atoms with Crippen LogP contribution in [-0.2, 0) is 0 Å². The summed E-state index contributed by atoms with van der Waals surface area (Å²) in [6, 6.07) is 7.38. The zero-order valence-electron chi connectivity index (χ0n) is 9.07. The largest absolute Gasteiger partial charge is 0.437 e. The molecule has 2 aromatic rings. The van der Waals surface area contributed by atoms with Gasteiger partial charge in [0.2, 0.25) is 5.88 Å². The Labute approximate surface area is 99.1 Å². The first-order chi connectivity index (χ1) is 7.65. The van der Waals surface area contributed by atoms with Crippen LogP contribution in [0.25, 0.3) is 0 Å². The first-order valence-electron chi connectivity index (χ1n) is 4.88. The van der Waals surface area contributed by atoms with Crippen molar-refractivity contribution in [3.8, 4) is 11.6 Å². The number of halogens is 1. The van der Waals surface area contributed by atoms with Crippen molar-refractivity contribution in [1.82, 2.24) is 9.97 Å². The molecule has 4 heteroatoms. The second kappa shape index (κ2) is 4.49. The first kappa shape index (κ1) is 10.9. The number of benzene rings is 1. The van der Waals surface area contributed by atoms with Gasteiger partial charge in [0.15, 0.2) is 0 Å². The highest BCUT2D eigenvalue weighted by atomic mass is 35.5. The fourth-order valence-corrected chi connectivity index (χ4v) is 1.56. The first-order valence-corrected chi connectivity index (χ1v) is 5.25. The molecule has 0 aliphatic rings. The van der Waals surface area contributed by atoms with Gasteiger partial charge in [-0.2, -0.15) is 0 Å². The van der Waals surface area contributed by atoms with Crippen molar-refractivity contribution in [3.05, 3.63) is 46.9 Å². The third-order valence-electron chi connectivity index (χ3n) is 2.08. The Morgan fingerprint density at radius 3 is 2.62 bits per heavy atom. The summed E-state index contributed by atoms with van der Waals surface area (Å²) in [4.78, 5) is 8.00. The summed E-state index contributed by atoms with van der Waals surface area (Å²) in [7, 11) is 0. The average molecular weight is 235 g/mol. The van der Waals surface area contributed by atoms with Crippen molar-refractivity contribution < 1.29 is 4.74 Å². The molecule has 0 atom stereocenters. The molecule has 0 N–H and O–H groups in total. The van der Waals surface area contributed by atoms with Crippen molar-refractivity contribution >= 4 is 11.6 Å². The molecular weight excluding hydrogens is 224 g/mol. The van der Waals surface area contributed by atoms with E-state index in [9.17, 15) is 0 Å². The van der Waals surface area contributed by atoms with Crippen LogP contribution in [0.5, 0.6) is 11.6 Å². The monoisotopic (exact) mass is 234 g/mol. The summed E-state index contributed by atoms with van der Waals surface area (Å²) in [5, 5.41) is 0.580. The van der Waals surface area contributed by atoms with Crippen molar-refractivity contribution in [2.45, 2.75) is 13.8 Å². The van der Waals surface area contributed by atoms with Gasteiger partial charge < -0.3 is 4.74 Å². The lowest BCUT2D eigenvalue weighted by Gasteiger charge is -2.07. The molecule has 0 aliphatic carbocycles. The summed E-state index contributed by atoms with van der Waals surface area (Å²) >= 11 is 6.05. The molecule has 1 aromatic heterocycles. The Hall–Kier alpha value is -1.61. The molecule has 0 bridgehead atoms. The maximum atomic E-state index is 6.05. The van der Waals surface area contributed by atoms with Crippen molar-refractivity contribution in [1.29, 1.82) is 0 Å². The van der Waals surface area contributed by atoms with Crippen LogP contribution in [0, 0.1) is 13.8 Å². The number of hydrogen-bond donors (Lipinski definition) is 0. The van der Waals surface area contributed by atoms with Gasteiger partial charge in [-0.25, -0.2) is 9.97 Å². The van der Waals surface area contributed by atoms with Crippen LogP contribution in [0.4, 0.5) is 0 Å². The van der Waals surface area contributed by atoms with Crippen LogP contribution in [0.15, 0.2) is 30.6 Å². The van der Waals surface area contributed by atoms with E-state index in [4.69, 9.17) is 16.3 Å². The Bertz CT molecular complexity index is 514. The number of hydrogen-bond acceptors (Lipinski definition) is 3. The Balaban J connectivity index is 2.27. The summed E-state index contributed by atoms with van der Waals surface area (Å²) in [6.45, 7) is 3.86. The summed E-state index contributed by atoms with van der Waals surface area (Å²) in [5.41, 5.74) is 1.95. The van der Waals surface area contributed by atoms with Crippen molar-refractivity contribution in [3.63, 3.8) is 0 Å². The SMILES string of the molecule is Cc1ccc(Oc2cc(C)ncn2)c(Cl)c1. The van der Waals surface area contributed by atoms with Crippen LogP contribution in [-0.4, -0.2) is 9.97 Å². The molecule has 0 aliphatic heterocycles. The van der Waals surface area contributed by atoms with E-state index in [0.717, 1.165) is 11.3 Å². The fourth-order valence-electron chi connectivity index (χ4n) is 1.29. The molecule has 3 nitrogen and oxygen atoms in total. The van der Waals surface area contributed by atoms with Gasteiger partial charge in [-0.15, -0.1) is 0 Å². The molecule has 82 valence electrons. The van der Waals surface area contributed by atoms with E-state index in [1.165, 1.54) is 6.33 Å². The summed E-state index contributed by atoms with van der Waals surface area (Å²) < 4.78 is 5.56. The summed E-state index contributed by atoms with van der Waals surface area (Å²) in [5.74, 6) is 1.10. The molecular formula is C12H11ClN2O. The molecule has 1 aromatic carbocycles. The number of nitrogens with zero attached hydrogens (tertiary/aromatic N) is 2. The summed E-state index contributed by atoms with van der Waals surface area (Å²) in [6.07, 6.45) is 1.47. The Morgan fingerprint density at radius 2 is 1.94 bits per heavy atom. The minimum absolute atomic E-state index is 0.498. The molecule has 0 spiro atoms. The third-order valence-corrected chi connectivity index (χ3v) is 2.38. The lowest BCUT2D eigenvalue weighted by molar-refractivity contribution is 0.461. The molecule has 2 rings (SSSR count). The van der Waals surface area contributed by atoms with E-state index in [0.29, 0.717) is 16.7 Å². The predicted molar refractivity (Wildman–Crippen MR) is 63.0 cm³/mol. The molecule has 0 fully saturated rings. The minimum atomic E-state index is 0.498. The van der Waals surface area contributed by atoms with E-state index in [1.807, 2.05) is 32.0 Å². The zero-order chi connectivity index (χ0) is 11.5. The van der Waals surface area contributed by atoms with Crippen LogP contribution in [0.2, 0.25) is 5.02 Å². The van der Waals surface area contributed by atoms with Crippen LogP contribution in [0.3, 0.4) is 0 Å². The molecule has 0 radical (unpaired) electrons. The van der Waals surface area contributed by atoms with Crippen LogP contribution in [0.1, 0.15) is 11.3 Å². The molecule has 0 amide bonds. The lowest BCUT2D eigenvalue weighted by atomic mass is 10.2. The Morgan fingerprint density at radius 1 is 1.12 bits per heavy atom. The van der Waals surface area contributed by atoms with Crippen LogP contribution < -0.4 is 4.74 Å². The predicted octanol–water partition coefficient (Wildman–Crippen LogP) is 3.54. The molecule has 1 heterocycles. The maximum Gasteiger partial charge on any atom is 0.222 e. The van der Waals surface area contributed by atoms with Gasteiger partial charge in [0.25, 0.3) is 0 Å². The highest BCUT2D eigenvalue weighted by Crippen LogP contribution is 2.28. The quantitative estimate of drug-likeness (QED) is 0.797. The van der Waals surface area contributed by atoms with Crippen LogP contribution >= 0.6 is 11.6 Å². The van der Waals surface area contributed by atoms with Crippen molar-refractivity contribution in [2.24, 2.45) is 0 Å². The topological polar surface area (TPSA) is 35.0 Å². The van der Waals surface area contributed by atoms with Gasteiger partial charge in [-0.3, -0.25) is 0 Å². The number of ether oxygens (including phenoxy) is 1. The zero-order valence-corrected chi connectivity index (χ0v) is 9.82. The van der Waals surface area contributed by atoms with Gasteiger partial charge in [0, 0.05) is 11.8 Å². The highest BCUT2D eigenvalue weighted by molar-refractivity contribution is 6.32. The second-order valence-electron chi connectivity index (χ2n) is 3.53. The van der Waals surface area contributed by atoms with E-state index in [1.54, 1.807) is 6.07 Å². The van der Waals surface area contributed by atoms with Gasteiger partial charge >= 0.3 is 0 Å². The highest BCUT2D eigenvalue weighted by Gasteiger charge is 2.04. The smallest absolute Gasteiger partial charge is 0.222 e. The number of aryl methyl sites for hydroxylation is 2. The molecule has 0 unspecified atom stereocenters. The Kier molecular flexibility index (Phi) is 3.06. The normalized spacial score (nSPS) is 10.2. The molecule has 16 heavy (non-hydrogen) atoms. The van der Waals surface area contributed by atoms with E-state index in [-0.39, 0.29) is 0 Å².